The fourth-order valence-electron chi connectivity index (χ4n) is 3.85. The van der Waals surface area contributed by atoms with Crippen LogP contribution in [-0.2, 0) is 12.8 Å². The third-order valence-corrected chi connectivity index (χ3v) is 6.72. The van der Waals surface area contributed by atoms with Crippen LogP contribution in [0.3, 0.4) is 0 Å². The maximum Gasteiger partial charge on any atom is 0.264 e. The quantitative estimate of drug-likeness (QED) is 0.820. The average molecular weight is 388 g/mol. The Morgan fingerprint density at radius 2 is 1.89 bits per heavy atom. The number of rotatable bonds is 6. The van der Waals surface area contributed by atoms with E-state index in [-0.39, 0.29) is 5.91 Å². The van der Waals surface area contributed by atoms with Crippen LogP contribution in [0.2, 0.25) is 0 Å². The van der Waals surface area contributed by atoms with Gasteiger partial charge in [-0.05, 0) is 55.2 Å². The lowest BCUT2D eigenvalue weighted by atomic mass is 10.2. The molecule has 1 amide bonds. The number of hydrogen-bond donors (Lipinski definition) is 1. The van der Waals surface area contributed by atoms with E-state index in [0.717, 1.165) is 61.9 Å². The van der Waals surface area contributed by atoms with Crippen LogP contribution in [0.4, 0.5) is 0 Å². The predicted octanol–water partition coefficient (Wildman–Crippen LogP) is 1.67. The summed E-state index contributed by atoms with van der Waals surface area (Å²) in [6, 6.07) is 9.82. The van der Waals surface area contributed by atoms with E-state index in [0.29, 0.717) is 6.61 Å². The van der Waals surface area contributed by atoms with Crippen LogP contribution < -0.4 is 14.4 Å². The molecule has 1 N–H and O–H groups in total. The number of ether oxygens (including phenoxy) is 2. The summed E-state index contributed by atoms with van der Waals surface area (Å²) in [4.78, 5) is 18.6. The van der Waals surface area contributed by atoms with E-state index in [1.807, 2.05) is 29.2 Å². The lowest BCUT2D eigenvalue weighted by Gasteiger charge is -2.32. The summed E-state index contributed by atoms with van der Waals surface area (Å²) < 4.78 is 11.0. The van der Waals surface area contributed by atoms with E-state index < -0.39 is 0 Å². The van der Waals surface area contributed by atoms with Gasteiger partial charge in [0, 0.05) is 4.88 Å². The molecule has 1 saturated heterocycles. The number of nitrogens with zero attached hydrogens (tertiary/aromatic N) is 1. The minimum absolute atomic E-state index is 0.225. The highest BCUT2D eigenvalue weighted by Gasteiger charge is 2.27. The molecule has 144 valence electrons. The number of thiophene rings is 1. The molecular weight excluding hydrogens is 360 g/mol. The summed E-state index contributed by atoms with van der Waals surface area (Å²) in [5.74, 6) is 1.93. The Bertz CT molecular complexity index is 758. The monoisotopic (exact) mass is 387 g/mol. The van der Waals surface area contributed by atoms with Crippen LogP contribution >= 0.6 is 11.3 Å². The second-order valence-corrected chi connectivity index (χ2v) is 8.37. The van der Waals surface area contributed by atoms with Crippen molar-refractivity contribution < 1.29 is 19.2 Å². The summed E-state index contributed by atoms with van der Waals surface area (Å²) in [6.45, 7) is 5.29. The third-order valence-electron chi connectivity index (χ3n) is 5.50. The highest BCUT2D eigenvalue weighted by Crippen LogP contribution is 2.31. The average Bonchev–Trinajstić information content (AvgIpc) is 3.31. The Balaban J connectivity index is 1.21. The van der Waals surface area contributed by atoms with Crippen molar-refractivity contribution in [3.05, 3.63) is 45.6 Å². The van der Waals surface area contributed by atoms with E-state index in [2.05, 4.69) is 6.07 Å². The molecule has 0 spiro atoms. The lowest BCUT2D eigenvalue weighted by Crippen LogP contribution is -3.15. The molecular formula is C21H27N2O3S+. The molecule has 1 aromatic carbocycles. The first-order valence-corrected chi connectivity index (χ1v) is 10.6. The fraction of sp³-hybridized carbons (Fsp3) is 0.476. The smallest absolute Gasteiger partial charge is 0.264 e. The summed E-state index contributed by atoms with van der Waals surface area (Å²) in [5, 5.41) is 0. The molecule has 2 aromatic rings. The van der Waals surface area contributed by atoms with E-state index in [1.54, 1.807) is 18.4 Å². The molecule has 4 rings (SSSR count). The minimum Gasteiger partial charge on any atom is -0.497 e. The van der Waals surface area contributed by atoms with Gasteiger partial charge in [0.1, 0.15) is 24.7 Å². The van der Waals surface area contributed by atoms with Gasteiger partial charge in [0.25, 0.3) is 5.91 Å². The number of carbonyl (C=O) groups excluding carboxylic acids is 1. The molecule has 2 heterocycles. The predicted molar refractivity (Wildman–Crippen MR) is 106 cm³/mol. The van der Waals surface area contributed by atoms with Gasteiger partial charge < -0.3 is 19.3 Å². The summed E-state index contributed by atoms with van der Waals surface area (Å²) >= 11 is 1.71. The zero-order valence-corrected chi connectivity index (χ0v) is 16.6. The van der Waals surface area contributed by atoms with Crippen molar-refractivity contribution in [3.63, 3.8) is 0 Å². The molecule has 0 radical (unpaired) electrons. The van der Waals surface area contributed by atoms with Crippen molar-refractivity contribution in [2.45, 2.75) is 19.3 Å². The molecule has 1 fully saturated rings. The summed E-state index contributed by atoms with van der Waals surface area (Å²) in [5.41, 5.74) is 1.41. The third kappa shape index (κ3) is 4.28. The molecule has 27 heavy (non-hydrogen) atoms. The molecule has 1 aromatic heterocycles. The Morgan fingerprint density at radius 3 is 2.59 bits per heavy atom. The number of aryl methyl sites for hydroxylation is 2. The zero-order valence-electron chi connectivity index (χ0n) is 15.8. The van der Waals surface area contributed by atoms with Gasteiger partial charge in [0.2, 0.25) is 0 Å². The van der Waals surface area contributed by atoms with Gasteiger partial charge in [0.15, 0.2) is 0 Å². The molecule has 0 atom stereocenters. The standard InChI is InChI=1S/C21H26N2O3S/c1-25-17-5-7-18(8-6-17)26-14-13-22-9-11-23(12-10-22)21(24)20-15-16-3-2-4-19(16)27-20/h5-8,15H,2-4,9-14H2,1H3/p+1. The normalized spacial score (nSPS) is 17.0. The van der Waals surface area contributed by atoms with Gasteiger partial charge in [-0.3, -0.25) is 4.79 Å². The van der Waals surface area contributed by atoms with Crippen LogP contribution in [0.1, 0.15) is 26.5 Å². The Morgan fingerprint density at radius 1 is 1.15 bits per heavy atom. The number of quaternary nitrogens is 1. The molecule has 1 aliphatic heterocycles. The van der Waals surface area contributed by atoms with Gasteiger partial charge >= 0.3 is 0 Å². The van der Waals surface area contributed by atoms with E-state index in [9.17, 15) is 4.79 Å². The van der Waals surface area contributed by atoms with Crippen molar-refractivity contribution >= 4 is 17.2 Å². The number of amides is 1. The van der Waals surface area contributed by atoms with Crippen molar-refractivity contribution in [2.75, 3.05) is 46.4 Å². The maximum atomic E-state index is 12.8. The largest absolute Gasteiger partial charge is 0.497 e. The van der Waals surface area contributed by atoms with Crippen LogP contribution in [0, 0.1) is 0 Å². The van der Waals surface area contributed by atoms with Crippen LogP contribution in [0.5, 0.6) is 11.5 Å². The summed E-state index contributed by atoms with van der Waals surface area (Å²) in [7, 11) is 1.66. The van der Waals surface area contributed by atoms with E-state index in [1.165, 1.54) is 21.8 Å². The number of carbonyl (C=O) groups is 1. The molecule has 5 nitrogen and oxygen atoms in total. The Kier molecular flexibility index (Phi) is 5.64. The first kappa shape index (κ1) is 18.3. The van der Waals surface area contributed by atoms with Crippen LogP contribution in [-0.4, -0.2) is 57.2 Å². The van der Waals surface area contributed by atoms with Crippen molar-refractivity contribution in [2.24, 2.45) is 0 Å². The molecule has 0 saturated carbocycles. The van der Waals surface area contributed by atoms with Crippen molar-refractivity contribution in [1.29, 1.82) is 0 Å². The second kappa shape index (κ2) is 8.31. The second-order valence-electron chi connectivity index (χ2n) is 7.23. The fourth-order valence-corrected chi connectivity index (χ4v) is 5.07. The van der Waals surface area contributed by atoms with Crippen molar-refractivity contribution in [3.8, 4) is 11.5 Å². The molecule has 1 aliphatic carbocycles. The van der Waals surface area contributed by atoms with Crippen molar-refractivity contribution in [1.82, 2.24) is 4.90 Å². The molecule has 0 unspecified atom stereocenters. The topological polar surface area (TPSA) is 43.2 Å². The molecule has 0 bridgehead atoms. The highest BCUT2D eigenvalue weighted by atomic mass is 32.1. The van der Waals surface area contributed by atoms with Gasteiger partial charge in [-0.25, -0.2) is 0 Å². The SMILES string of the molecule is COc1ccc(OCC[NH+]2CCN(C(=O)c3cc4c(s3)CCC4)CC2)cc1. The Labute approximate surface area is 164 Å². The molecule has 2 aliphatic rings. The number of nitrogens with one attached hydrogen (secondary N) is 1. The number of benzene rings is 1. The molecule has 6 heteroatoms. The number of methoxy groups -OCH3 is 1. The first-order valence-electron chi connectivity index (χ1n) is 9.74. The number of fused-ring (bicyclic) bond motifs is 1. The highest BCUT2D eigenvalue weighted by molar-refractivity contribution is 7.14. The zero-order chi connectivity index (χ0) is 18.6. The first-order chi connectivity index (χ1) is 13.2. The number of hydrogen-bond acceptors (Lipinski definition) is 4. The minimum atomic E-state index is 0.225. The maximum absolute atomic E-state index is 12.8. The number of piperazine rings is 1. The van der Waals surface area contributed by atoms with E-state index >= 15 is 0 Å². The summed E-state index contributed by atoms with van der Waals surface area (Å²) in [6.07, 6.45) is 3.54. The van der Waals surface area contributed by atoms with E-state index in [4.69, 9.17) is 9.47 Å². The van der Waals surface area contributed by atoms with Gasteiger partial charge in [-0.2, -0.15) is 0 Å². The Hall–Kier alpha value is -2.05. The lowest BCUT2D eigenvalue weighted by molar-refractivity contribution is -0.903. The van der Waals surface area contributed by atoms with Crippen LogP contribution in [0.15, 0.2) is 30.3 Å². The van der Waals surface area contributed by atoms with Gasteiger partial charge in [0.05, 0.1) is 38.2 Å². The van der Waals surface area contributed by atoms with Gasteiger partial charge in [-0.1, -0.05) is 0 Å². The van der Waals surface area contributed by atoms with Crippen LogP contribution in [0.25, 0.3) is 0 Å². The van der Waals surface area contributed by atoms with Gasteiger partial charge in [-0.15, -0.1) is 11.3 Å².